The van der Waals surface area contributed by atoms with Crippen molar-refractivity contribution in [1.29, 1.82) is 0 Å². The minimum Gasteiger partial charge on any atom is -0.339 e. The van der Waals surface area contributed by atoms with Gasteiger partial charge < -0.3 is 9.80 Å². The van der Waals surface area contributed by atoms with Crippen molar-refractivity contribution in [1.82, 2.24) is 19.9 Å². The van der Waals surface area contributed by atoms with Gasteiger partial charge in [0.25, 0.3) is 5.56 Å². The summed E-state index contributed by atoms with van der Waals surface area (Å²) in [6.45, 7) is 8.31. The van der Waals surface area contributed by atoms with Gasteiger partial charge in [-0.15, -0.1) is 0 Å². The number of piperazine rings is 1. The molecule has 1 aliphatic heterocycles. The molecule has 1 saturated heterocycles. The average molecular weight is 332 g/mol. The van der Waals surface area contributed by atoms with E-state index in [1.807, 2.05) is 31.7 Å². The highest BCUT2D eigenvalue weighted by Crippen LogP contribution is 2.18. The molecule has 0 radical (unpaired) electrons. The number of aromatic amines is 1. The second kappa shape index (κ2) is 6.54. The number of hydrogen-bond donors (Lipinski definition) is 1. The Labute approximate surface area is 139 Å². The van der Waals surface area contributed by atoms with Gasteiger partial charge in [-0.1, -0.05) is 13.8 Å². The molecule has 2 aromatic heterocycles. The number of hydrogen-bond acceptors (Lipinski definition) is 6. The summed E-state index contributed by atoms with van der Waals surface area (Å²) in [7, 11) is 0. The van der Waals surface area contributed by atoms with E-state index in [4.69, 9.17) is 0 Å². The predicted molar refractivity (Wildman–Crippen MR) is 90.1 cm³/mol. The molecule has 0 spiro atoms. The Kier molecular flexibility index (Phi) is 4.46. The normalized spacial score (nSPS) is 15.2. The molecule has 24 heavy (non-hydrogen) atoms. The van der Waals surface area contributed by atoms with Crippen LogP contribution in [0.1, 0.15) is 31.2 Å². The second-order valence-electron chi connectivity index (χ2n) is 6.22. The number of nitrogens with zero attached hydrogens (tertiary/aromatic N) is 5. The van der Waals surface area contributed by atoms with Crippen LogP contribution in [0, 0.1) is 12.7 Å². The van der Waals surface area contributed by atoms with E-state index in [9.17, 15) is 9.18 Å². The van der Waals surface area contributed by atoms with E-state index in [1.54, 1.807) is 6.20 Å². The molecule has 3 heterocycles. The molecule has 0 bridgehead atoms. The molecule has 7 nitrogen and oxygen atoms in total. The van der Waals surface area contributed by atoms with Crippen molar-refractivity contribution >= 4 is 11.9 Å². The second-order valence-corrected chi connectivity index (χ2v) is 6.22. The molecule has 1 aliphatic rings. The molecule has 128 valence electrons. The fraction of sp³-hybridized carbons (Fsp3) is 0.500. The summed E-state index contributed by atoms with van der Waals surface area (Å²) < 4.78 is 13.9. The lowest BCUT2D eigenvalue weighted by Gasteiger charge is -2.35. The van der Waals surface area contributed by atoms with E-state index in [2.05, 4.69) is 24.8 Å². The van der Waals surface area contributed by atoms with E-state index >= 15 is 0 Å². The summed E-state index contributed by atoms with van der Waals surface area (Å²) >= 11 is 0. The van der Waals surface area contributed by atoms with Gasteiger partial charge in [-0.2, -0.15) is 4.39 Å². The zero-order valence-electron chi connectivity index (χ0n) is 14.1. The first kappa shape index (κ1) is 16.4. The number of H-pyrrole nitrogens is 1. The van der Waals surface area contributed by atoms with Crippen LogP contribution in [0.3, 0.4) is 0 Å². The minimum absolute atomic E-state index is 0.145. The summed E-state index contributed by atoms with van der Waals surface area (Å²) in [5.74, 6) is 0.196. The standard InChI is InChI=1S/C16H21FN6O/c1-10(2)13-12(17)14(24)21-16(20-13)23-8-6-22(7-9-23)15-18-5-4-11(3)19-15/h4-5,10H,6-9H2,1-3H3,(H,20,21,24). The molecule has 2 aromatic rings. The molecule has 0 saturated carbocycles. The smallest absolute Gasteiger partial charge is 0.288 e. The Morgan fingerprint density at radius 1 is 1.17 bits per heavy atom. The van der Waals surface area contributed by atoms with Crippen molar-refractivity contribution in [3.05, 3.63) is 39.8 Å². The molecular weight excluding hydrogens is 311 g/mol. The van der Waals surface area contributed by atoms with Crippen molar-refractivity contribution < 1.29 is 4.39 Å². The van der Waals surface area contributed by atoms with Gasteiger partial charge in [-0.3, -0.25) is 9.78 Å². The molecule has 1 N–H and O–H groups in total. The fourth-order valence-electron chi connectivity index (χ4n) is 2.70. The Bertz CT molecular complexity index is 782. The van der Waals surface area contributed by atoms with Gasteiger partial charge in [0.1, 0.15) is 0 Å². The highest BCUT2D eigenvalue weighted by atomic mass is 19.1. The Balaban J connectivity index is 1.76. The first-order valence-corrected chi connectivity index (χ1v) is 8.05. The zero-order chi connectivity index (χ0) is 17.3. The van der Waals surface area contributed by atoms with Crippen LogP contribution in [0.15, 0.2) is 17.1 Å². The van der Waals surface area contributed by atoms with Crippen molar-refractivity contribution in [2.24, 2.45) is 0 Å². The van der Waals surface area contributed by atoms with E-state index in [0.29, 0.717) is 38.1 Å². The lowest BCUT2D eigenvalue weighted by Crippen LogP contribution is -2.48. The van der Waals surface area contributed by atoms with Gasteiger partial charge in [0.15, 0.2) is 0 Å². The van der Waals surface area contributed by atoms with E-state index in [1.165, 1.54) is 0 Å². The maximum Gasteiger partial charge on any atom is 0.288 e. The van der Waals surface area contributed by atoms with Gasteiger partial charge >= 0.3 is 0 Å². The largest absolute Gasteiger partial charge is 0.339 e. The lowest BCUT2D eigenvalue weighted by molar-refractivity contribution is 0.556. The molecule has 0 aromatic carbocycles. The van der Waals surface area contributed by atoms with Crippen LogP contribution >= 0.6 is 0 Å². The van der Waals surface area contributed by atoms with Crippen LogP contribution in [-0.4, -0.2) is 46.1 Å². The van der Waals surface area contributed by atoms with Crippen LogP contribution < -0.4 is 15.4 Å². The van der Waals surface area contributed by atoms with Crippen LogP contribution in [0.5, 0.6) is 0 Å². The SMILES string of the molecule is Cc1ccnc(N2CCN(c3nc(C(C)C)c(F)c(=O)[nH]3)CC2)n1. The third-order valence-corrected chi connectivity index (χ3v) is 4.07. The highest BCUT2D eigenvalue weighted by Gasteiger charge is 2.23. The molecule has 0 aliphatic carbocycles. The summed E-state index contributed by atoms with van der Waals surface area (Å²) in [5, 5.41) is 0. The Morgan fingerprint density at radius 2 is 1.83 bits per heavy atom. The maximum atomic E-state index is 13.9. The lowest BCUT2D eigenvalue weighted by atomic mass is 10.1. The fourth-order valence-corrected chi connectivity index (χ4v) is 2.70. The van der Waals surface area contributed by atoms with Crippen LogP contribution in [0.4, 0.5) is 16.3 Å². The zero-order valence-corrected chi connectivity index (χ0v) is 14.1. The highest BCUT2D eigenvalue weighted by molar-refractivity contribution is 5.38. The monoisotopic (exact) mass is 332 g/mol. The van der Waals surface area contributed by atoms with E-state index in [0.717, 1.165) is 5.69 Å². The van der Waals surface area contributed by atoms with Gasteiger partial charge in [-0.25, -0.2) is 15.0 Å². The Morgan fingerprint density at radius 3 is 2.46 bits per heavy atom. The summed E-state index contributed by atoms with van der Waals surface area (Å²) in [6.07, 6.45) is 1.75. The molecule has 0 atom stereocenters. The third-order valence-electron chi connectivity index (χ3n) is 4.07. The van der Waals surface area contributed by atoms with Crippen molar-refractivity contribution in [2.75, 3.05) is 36.0 Å². The minimum atomic E-state index is -0.791. The average Bonchev–Trinajstić information content (AvgIpc) is 2.57. The summed E-state index contributed by atoms with van der Waals surface area (Å²) in [5.41, 5.74) is 0.417. The maximum absolute atomic E-state index is 13.9. The number of nitrogens with one attached hydrogen (secondary N) is 1. The molecule has 0 amide bonds. The van der Waals surface area contributed by atoms with Crippen molar-refractivity contribution in [2.45, 2.75) is 26.7 Å². The van der Waals surface area contributed by atoms with Crippen LogP contribution in [-0.2, 0) is 0 Å². The van der Waals surface area contributed by atoms with Gasteiger partial charge in [0, 0.05) is 38.1 Å². The summed E-state index contributed by atoms with van der Waals surface area (Å²) in [4.78, 5) is 31.4. The van der Waals surface area contributed by atoms with Crippen LogP contribution in [0.25, 0.3) is 0 Å². The molecule has 0 unspecified atom stereocenters. The third kappa shape index (κ3) is 3.22. The molecule has 8 heteroatoms. The number of aromatic nitrogens is 4. The van der Waals surface area contributed by atoms with Gasteiger partial charge in [0.2, 0.25) is 17.7 Å². The van der Waals surface area contributed by atoms with Crippen LogP contribution in [0.2, 0.25) is 0 Å². The van der Waals surface area contributed by atoms with Crippen molar-refractivity contribution in [3.8, 4) is 0 Å². The number of anilines is 2. The molecule has 1 fully saturated rings. The number of rotatable bonds is 3. The predicted octanol–water partition coefficient (Wildman–Crippen LogP) is 1.46. The molecule has 3 rings (SSSR count). The topological polar surface area (TPSA) is 78.0 Å². The first-order chi connectivity index (χ1) is 11.5. The van der Waals surface area contributed by atoms with Crippen molar-refractivity contribution in [3.63, 3.8) is 0 Å². The first-order valence-electron chi connectivity index (χ1n) is 8.05. The van der Waals surface area contributed by atoms with E-state index in [-0.39, 0.29) is 11.6 Å². The number of halogens is 1. The quantitative estimate of drug-likeness (QED) is 0.917. The van der Waals surface area contributed by atoms with E-state index < -0.39 is 11.4 Å². The van der Waals surface area contributed by atoms with Gasteiger partial charge in [0.05, 0.1) is 5.69 Å². The summed E-state index contributed by atoms with van der Waals surface area (Å²) in [6, 6.07) is 1.86. The molecular formula is C16H21FN6O. The van der Waals surface area contributed by atoms with Gasteiger partial charge in [-0.05, 0) is 18.9 Å². The number of aryl methyl sites for hydroxylation is 1. The Hall–Kier alpha value is -2.51.